The smallest absolute Gasteiger partial charge is 0.336 e. The summed E-state index contributed by atoms with van der Waals surface area (Å²) in [5.74, 6) is -2.25. The van der Waals surface area contributed by atoms with Crippen molar-refractivity contribution in [3.8, 4) is 0 Å². The summed E-state index contributed by atoms with van der Waals surface area (Å²) >= 11 is 2.09. The summed E-state index contributed by atoms with van der Waals surface area (Å²) in [6.07, 6.45) is 0. The molecule has 1 amide bonds. The van der Waals surface area contributed by atoms with Gasteiger partial charge in [0.15, 0.2) is 0 Å². The van der Waals surface area contributed by atoms with Gasteiger partial charge in [0.1, 0.15) is 5.56 Å². The SMILES string of the molecule is O=C(O)c1cccc([N+](=O)[O-])c1C(=O)Nc1ccc(I)cc1. The zero-order valence-corrected chi connectivity index (χ0v) is 13.1. The molecule has 0 heterocycles. The van der Waals surface area contributed by atoms with E-state index in [9.17, 15) is 19.7 Å². The van der Waals surface area contributed by atoms with E-state index in [1.165, 1.54) is 6.07 Å². The van der Waals surface area contributed by atoms with Crippen LogP contribution in [-0.4, -0.2) is 21.9 Å². The first-order valence-electron chi connectivity index (χ1n) is 5.97. The summed E-state index contributed by atoms with van der Waals surface area (Å²) in [6, 6.07) is 10.2. The van der Waals surface area contributed by atoms with Gasteiger partial charge in [-0.1, -0.05) is 6.07 Å². The van der Waals surface area contributed by atoms with Gasteiger partial charge in [-0.3, -0.25) is 14.9 Å². The van der Waals surface area contributed by atoms with Crippen molar-refractivity contribution in [2.45, 2.75) is 0 Å². The highest BCUT2D eigenvalue weighted by molar-refractivity contribution is 14.1. The van der Waals surface area contributed by atoms with Gasteiger partial charge in [0.05, 0.1) is 10.5 Å². The van der Waals surface area contributed by atoms with Crippen LogP contribution in [0.2, 0.25) is 0 Å². The lowest BCUT2D eigenvalue weighted by Crippen LogP contribution is -2.18. The van der Waals surface area contributed by atoms with E-state index in [1.54, 1.807) is 24.3 Å². The minimum Gasteiger partial charge on any atom is -0.478 e. The average Bonchev–Trinajstić information content (AvgIpc) is 2.48. The van der Waals surface area contributed by atoms with Crippen molar-refractivity contribution in [3.63, 3.8) is 0 Å². The Kier molecular flexibility index (Phi) is 4.71. The van der Waals surface area contributed by atoms with Crippen LogP contribution in [-0.2, 0) is 0 Å². The van der Waals surface area contributed by atoms with Crippen LogP contribution in [0.3, 0.4) is 0 Å². The lowest BCUT2D eigenvalue weighted by molar-refractivity contribution is -0.385. The van der Waals surface area contributed by atoms with E-state index in [-0.39, 0.29) is 0 Å². The van der Waals surface area contributed by atoms with Gasteiger partial charge >= 0.3 is 5.97 Å². The quantitative estimate of drug-likeness (QED) is 0.456. The zero-order chi connectivity index (χ0) is 16.3. The molecule has 0 aliphatic carbocycles. The maximum absolute atomic E-state index is 12.3. The highest BCUT2D eigenvalue weighted by Gasteiger charge is 2.27. The van der Waals surface area contributed by atoms with Crippen LogP contribution in [0.5, 0.6) is 0 Å². The number of hydrogen-bond acceptors (Lipinski definition) is 4. The van der Waals surface area contributed by atoms with E-state index in [0.29, 0.717) is 5.69 Å². The summed E-state index contributed by atoms with van der Waals surface area (Å²) in [7, 11) is 0. The minimum atomic E-state index is -1.41. The summed E-state index contributed by atoms with van der Waals surface area (Å²) in [5, 5.41) is 22.6. The second kappa shape index (κ2) is 6.52. The fourth-order valence-electron chi connectivity index (χ4n) is 1.84. The van der Waals surface area contributed by atoms with E-state index in [4.69, 9.17) is 5.11 Å². The highest BCUT2D eigenvalue weighted by atomic mass is 127. The Morgan fingerprint density at radius 2 is 1.77 bits per heavy atom. The summed E-state index contributed by atoms with van der Waals surface area (Å²) in [5.41, 5.74) is -1.03. The molecular formula is C14H9IN2O5. The second-order valence-electron chi connectivity index (χ2n) is 4.22. The molecule has 7 nitrogen and oxygen atoms in total. The van der Waals surface area contributed by atoms with Gasteiger partial charge in [0.2, 0.25) is 0 Å². The Balaban J connectivity index is 2.45. The van der Waals surface area contributed by atoms with Crippen molar-refractivity contribution >= 4 is 45.8 Å². The molecule has 22 heavy (non-hydrogen) atoms. The molecule has 2 N–H and O–H groups in total. The molecule has 0 saturated carbocycles. The molecule has 0 fully saturated rings. The van der Waals surface area contributed by atoms with Crippen molar-refractivity contribution in [2.75, 3.05) is 5.32 Å². The molecule has 2 aromatic carbocycles. The van der Waals surface area contributed by atoms with Crippen molar-refractivity contribution in [3.05, 3.63) is 67.3 Å². The van der Waals surface area contributed by atoms with E-state index in [2.05, 4.69) is 27.9 Å². The Morgan fingerprint density at radius 3 is 2.32 bits per heavy atom. The van der Waals surface area contributed by atoms with Crippen LogP contribution in [0, 0.1) is 13.7 Å². The predicted molar refractivity (Wildman–Crippen MR) is 87.2 cm³/mol. The molecule has 8 heteroatoms. The fourth-order valence-corrected chi connectivity index (χ4v) is 2.20. The van der Waals surface area contributed by atoms with Crippen LogP contribution in [0.1, 0.15) is 20.7 Å². The molecule has 2 aromatic rings. The molecule has 0 aliphatic heterocycles. The molecule has 0 bridgehead atoms. The number of nitro benzene ring substituents is 1. The first kappa shape index (κ1) is 15.9. The van der Waals surface area contributed by atoms with E-state index in [0.717, 1.165) is 15.7 Å². The Labute approximate surface area is 138 Å². The molecule has 0 aromatic heterocycles. The number of nitro groups is 1. The predicted octanol–water partition coefficient (Wildman–Crippen LogP) is 3.15. The van der Waals surface area contributed by atoms with E-state index in [1.807, 2.05) is 0 Å². The molecule has 0 atom stereocenters. The molecule has 0 radical (unpaired) electrons. The van der Waals surface area contributed by atoms with Gasteiger partial charge in [-0.15, -0.1) is 0 Å². The molecular weight excluding hydrogens is 403 g/mol. The van der Waals surface area contributed by atoms with Crippen LogP contribution in [0.4, 0.5) is 11.4 Å². The molecule has 0 aliphatic rings. The third kappa shape index (κ3) is 3.39. The molecule has 0 unspecified atom stereocenters. The number of nitrogens with one attached hydrogen (secondary N) is 1. The van der Waals surface area contributed by atoms with Gasteiger partial charge in [0, 0.05) is 15.3 Å². The highest BCUT2D eigenvalue weighted by Crippen LogP contribution is 2.24. The number of carboxylic acids is 1. The number of benzene rings is 2. The zero-order valence-electron chi connectivity index (χ0n) is 10.9. The largest absolute Gasteiger partial charge is 0.478 e. The molecule has 112 valence electrons. The third-order valence-corrected chi connectivity index (χ3v) is 3.52. The number of carboxylic acid groups (broad SMARTS) is 1. The molecule has 0 saturated heterocycles. The van der Waals surface area contributed by atoms with Crippen LogP contribution in [0.15, 0.2) is 42.5 Å². The van der Waals surface area contributed by atoms with Gasteiger partial charge in [-0.25, -0.2) is 4.79 Å². The van der Waals surface area contributed by atoms with Gasteiger partial charge < -0.3 is 10.4 Å². The number of halogens is 1. The lowest BCUT2D eigenvalue weighted by Gasteiger charge is -2.08. The second-order valence-corrected chi connectivity index (χ2v) is 5.47. The summed E-state index contributed by atoms with van der Waals surface area (Å²) in [6.45, 7) is 0. The standard InChI is InChI=1S/C14H9IN2O5/c15-8-4-6-9(7-5-8)16-13(18)12-10(14(19)20)2-1-3-11(12)17(21)22/h1-7H,(H,16,18)(H,19,20). The van der Waals surface area contributed by atoms with Crippen molar-refractivity contribution < 1.29 is 19.6 Å². The summed E-state index contributed by atoms with van der Waals surface area (Å²) in [4.78, 5) is 33.7. The maximum Gasteiger partial charge on any atom is 0.336 e. The number of carbonyl (C=O) groups is 2. The first-order chi connectivity index (χ1) is 10.4. The number of hydrogen-bond donors (Lipinski definition) is 2. The van der Waals surface area contributed by atoms with Crippen molar-refractivity contribution in [2.24, 2.45) is 0 Å². The molecule has 2 rings (SSSR count). The number of rotatable bonds is 4. The number of amides is 1. The minimum absolute atomic E-state index is 0.417. The van der Waals surface area contributed by atoms with Crippen LogP contribution in [0.25, 0.3) is 0 Å². The van der Waals surface area contributed by atoms with E-state index < -0.39 is 33.6 Å². The Morgan fingerprint density at radius 1 is 1.14 bits per heavy atom. The summed E-state index contributed by atoms with van der Waals surface area (Å²) < 4.78 is 0.951. The first-order valence-corrected chi connectivity index (χ1v) is 7.05. The number of anilines is 1. The Hall–Kier alpha value is -2.49. The fraction of sp³-hybridized carbons (Fsp3) is 0. The van der Waals surface area contributed by atoms with Crippen molar-refractivity contribution in [1.29, 1.82) is 0 Å². The van der Waals surface area contributed by atoms with Crippen molar-refractivity contribution in [1.82, 2.24) is 0 Å². The van der Waals surface area contributed by atoms with Gasteiger partial charge in [0.25, 0.3) is 11.6 Å². The number of aromatic carboxylic acids is 1. The van der Waals surface area contributed by atoms with E-state index >= 15 is 0 Å². The average molecular weight is 412 g/mol. The van der Waals surface area contributed by atoms with Gasteiger partial charge in [-0.05, 0) is 52.9 Å². The van der Waals surface area contributed by atoms with Crippen LogP contribution < -0.4 is 5.32 Å². The lowest BCUT2D eigenvalue weighted by atomic mass is 10.0. The maximum atomic E-state index is 12.3. The third-order valence-electron chi connectivity index (χ3n) is 2.80. The van der Waals surface area contributed by atoms with Gasteiger partial charge in [-0.2, -0.15) is 0 Å². The molecule has 0 spiro atoms. The topological polar surface area (TPSA) is 110 Å². The number of nitrogens with zero attached hydrogens (tertiary/aromatic N) is 1. The number of carbonyl (C=O) groups excluding carboxylic acids is 1. The monoisotopic (exact) mass is 412 g/mol. The van der Waals surface area contributed by atoms with Crippen LogP contribution >= 0.6 is 22.6 Å². The normalized spacial score (nSPS) is 10.0. The Bertz CT molecular complexity index is 726.